The highest BCUT2D eigenvalue weighted by Gasteiger charge is 2.48. The number of benzene rings is 1. The van der Waals surface area contributed by atoms with Crippen LogP contribution in [-0.4, -0.2) is 29.2 Å². The number of nitrogens with zero attached hydrogens (tertiary/aromatic N) is 1. The minimum atomic E-state index is -3.71. The molecule has 19 heavy (non-hydrogen) atoms. The van der Waals surface area contributed by atoms with Crippen molar-refractivity contribution in [1.82, 2.24) is 0 Å². The second-order valence-electron chi connectivity index (χ2n) is 4.30. The lowest BCUT2D eigenvalue weighted by Gasteiger charge is -2.47. The molecule has 0 aliphatic carbocycles. The molecule has 0 aromatic heterocycles. The number of hydrogen-bond acceptors (Lipinski definition) is 4. The van der Waals surface area contributed by atoms with E-state index >= 15 is 0 Å². The second kappa shape index (κ2) is 4.39. The highest BCUT2D eigenvalue weighted by atomic mass is 19.3. The van der Waals surface area contributed by atoms with E-state index in [-0.39, 0.29) is 24.3 Å². The summed E-state index contributed by atoms with van der Waals surface area (Å²) in [6, 6.07) is 3.23. The summed E-state index contributed by atoms with van der Waals surface area (Å²) in [5.41, 5.74) is 4.84. The summed E-state index contributed by atoms with van der Waals surface area (Å²) in [7, 11) is 0. The zero-order chi connectivity index (χ0) is 14.3. The van der Waals surface area contributed by atoms with E-state index in [4.69, 9.17) is 15.6 Å². The first-order valence-corrected chi connectivity index (χ1v) is 5.47. The highest BCUT2D eigenvalue weighted by molar-refractivity contribution is 5.51. The van der Waals surface area contributed by atoms with Gasteiger partial charge in [-0.25, -0.2) is 8.78 Å². The quantitative estimate of drug-likeness (QED) is 0.674. The zero-order valence-corrected chi connectivity index (χ0v) is 9.73. The normalized spacial score (nSPS) is 22.5. The predicted molar refractivity (Wildman–Crippen MR) is 61.2 cm³/mol. The number of alkyl halides is 2. The maximum atomic E-state index is 13.8. The molecule has 6 nitrogen and oxygen atoms in total. The molecule has 0 saturated heterocycles. The van der Waals surface area contributed by atoms with Crippen LogP contribution < -0.4 is 4.74 Å². The minimum Gasteiger partial charge on any atom is -0.663 e. The molecule has 1 aliphatic rings. The van der Waals surface area contributed by atoms with Crippen molar-refractivity contribution < 1.29 is 23.5 Å². The molecule has 0 spiro atoms. The summed E-state index contributed by atoms with van der Waals surface area (Å²) in [5.74, 6) is -3.69. The number of ether oxygens (including phenoxy) is 1. The molecule has 1 atom stereocenters. The number of aliphatic hydroxyl groups excluding tert-OH is 1. The number of aliphatic hydroxyl groups is 1. The standard InChI is InChI=1S/C11H11F2N2O4/c12-11(13,6-16)10(14)3-4-19-9-2-1-7(15(17)18)5-8(9)10/h1-2,5,14,16H,3-4,6H2/q-1/t10-/m1/s1. The smallest absolute Gasteiger partial charge is 0.269 e. The van der Waals surface area contributed by atoms with Crippen molar-refractivity contribution in [2.45, 2.75) is 17.9 Å². The van der Waals surface area contributed by atoms with E-state index in [1.165, 1.54) is 6.07 Å². The molecule has 0 radical (unpaired) electrons. The molecule has 1 aliphatic heterocycles. The Kier molecular flexibility index (Phi) is 3.15. The topological polar surface area (TPSA) is 96.4 Å². The average Bonchev–Trinajstić information content (AvgIpc) is 2.38. The van der Waals surface area contributed by atoms with E-state index in [1.54, 1.807) is 0 Å². The van der Waals surface area contributed by atoms with Gasteiger partial charge in [0.15, 0.2) is 0 Å². The van der Waals surface area contributed by atoms with Crippen LogP contribution >= 0.6 is 0 Å². The summed E-state index contributed by atoms with van der Waals surface area (Å²) in [4.78, 5) is 9.95. The third-order valence-corrected chi connectivity index (χ3v) is 3.19. The van der Waals surface area contributed by atoms with E-state index in [1.807, 2.05) is 0 Å². The van der Waals surface area contributed by atoms with E-state index in [0.29, 0.717) is 0 Å². The molecule has 1 aromatic carbocycles. The molecule has 0 bridgehead atoms. The maximum Gasteiger partial charge on any atom is 0.269 e. The lowest BCUT2D eigenvalue weighted by molar-refractivity contribution is -0.385. The van der Waals surface area contributed by atoms with Crippen LogP contribution in [0, 0.1) is 10.1 Å². The van der Waals surface area contributed by atoms with Crippen LogP contribution in [0.2, 0.25) is 0 Å². The Morgan fingerprint density at radius 3 is 2.84 bits per heavy atom. The fourth-order valence-corrected chi connectivity index (χ4v) is 2.05. The van der Waals surface area contributed by atoms with Gasteiger partial charge in [0.1, 0.15) is 12.4 Å². The van der Waals surface area contributed by atoms with E-state index in [9.17, 15) is 18.9 Å². The molecule has 2 N–H and O–H groups in total. The minimum absolute atomic E-state index is 0.0139. The second-order valence-corrected chi connectivity index (χ2v) is 4.30. The third kappa shape index (κ3) is 2.02. The van der Waals surface area contributed by atoms with Crippen LogP contribution in [-0.2, 0) is 5.54 Å². The van der Waals surface area contributed by atoms with Gasteiger partial charge in [0.2, 0.25) is 0 Å². The summed E-state index contributed by atoms with van der Waals surface area (Å²) >= 11 is 0. The third-order valence-electron chi connectivity index (χ3n) is 3.19. The number of halogens is 2. The number of nitro groups is 1. The van der Waals surface area contributed by atoms with Crippen molar-refractivity contribution in [3.8, 4) is 5.75 Å². The van der Waals surface area contributed by atoms with Gasteiger partial charge in [-0.3, -0.25) is 10.1 Å². The first-order chi connectivity index (χ1) is 8.82. The highest BCUT2D eigenvalue weighted by Crippen LogP contribution is 2.49. The van der Waals surface area contributed by atoms with Crippen molar-refractivity contribution in [2.75, 3.05) is 13.2 Å². The van der Waals surface area contributed by atoms with Crippen LogP contribution in [0.15, 0.2) is 18.2 Å². The van der Waals surface area contributed by atoms with E-state index in [0.717, 1.165) is 12.1 Å². The number of rotatable bonds is 3. The molecular weight excluding hydrogens is 262 g/mol. The van der Waals surface area contributed by atoms with Crippen LogP contribution in [0.3, 0.4) is 0 Å². The molecule has 0 unspecified atom stereocenters. The molecule has 1 heterocycles. The number of hydrogen-bond donors (Lipinski definition) is 1. The van der Waals surface area contributed by atoms with Gasteiger partial charge in [-0.05, 0) is 23.6 Å². The van der Waals surface area contributed by atoms with Crippen molar-refractivity contribution in [1.29, 1.82) is 0 Å². The van der Waals surface area contributed by atoms with Gasteiger partial charge >= 0.3 is 0 Å². The van der Waals surface area contributed by atoms with Gasteiger partial charge in [-0.2, -0.15) is 0 Å². The van der Waals surface area contributed by atoms with Crippen LogP contribution in [0.4, 0.5) is 14.5 Å². The van der Waals surface area contributed by atoms with Crippen LogP contribution in [0.25, 0.3) is 5.73 Å². The number of non-ortho nitro benzene ring substituents is 1. The lowest BCUT2D eigenvalue weighted by atomic mass is 9.80. The Morgan fingerprint density at radius 1 is 1.58 bits per heavy atom. The largest absolute Gasteiger partial charge is 0.663 e. The van der Waals surface area contributed by atoms with E-state index < -0.39 is 28.7 Å². The van der Waals surface area contributed by atoms with Crippen molar-refractivity contribution in [2.24, 2.45) is 0 Å². The van der Waals surface area contributed by atoms with E-state index in [2.05, 4.69) is 0 Å². The van der Waals surface area contributed by atoms with Gasteiger partial charge in [0.25, 0.3) is 11.6 Å². The Bertz CT molecular complexity index is 523. The molecule has 1 aromatic rings. The fraction of sp³-hybridized carbons (Fsp3) is 0.455. The van der Waals surface area contributed by atoms with Crippen molar-refractivity contribution in [3.05, 3.63) is 39.6 Å². The Balaban J connectivity index is 2.59. The number of nitro benzene ring substituents is 1. The van der Waals surface area contributed by atoms with Gasteiger partial charge in [-0.15, -0.1) is 0 Å². The van der Waals surface area contributed by atoms with Gasteiger partial charge in [-0.1, -0.05) is 0 Å². The molecule has 104 valence electrons. The number of nitrogens with one attached hydrogen (secondary N) is 1. The summed E-state index contributed by atoms with van der Waals surface area (Å²) in [5, 5.41) is 19.5. The monoisotopic (exact) mass is 273 g/mol. The number of fused-ring (bicyclic) bond motifs is 1. The van der Waals surface area contributed by atoms with Gasteiger partial charge in [0.05, 0.1) is 11.5 Å². The molecule has 8 heteroatoms. The fourth-order valence-electron chi connectivity index (χ4n) is 2.05. The Morgan fingerprint density at radius 2 is 2.26 bits per heavy atom. The summed E-state index contributed by atoms with van der Waals surface area (Å²) in [6.45, 7) is -1.61. The van der Waals surface area contributed by atoms with Crippen LogP contribution in [0.5, 0.6) is 5.75 Å². The van der Waals surface area contributed by atoms with Crippen LogP contribution in [0.1, 0.15) is 12.0 Å². The van der Waals surface area contributed by atoms with Crippen molar-refractivity contribution >= 4 is 5.69 Å². The van der Waals surface area contributed by atoms with Gasteiger partial charge in [0, 0.05) is 12.1 Å². The summed E-state index contributed by atoms with van der Waals surface area (Å²) < 4.78 is 32.7. The molecule has 0 fully saturated rings. The SMILES string of the molecule is [NH-][C@]1(C(F)(F)CO)CCOc2ccc([N+](=O)[O-])cc21. The first kappa shape index (κ1) is 13.6. The average molecular weight is 273 g/mol. The molecule has 0 amide bonds. The Labute approximate surface area is 106 Å². The predicted octanol–water partition coefficient (Wildman–Crippen LogP) is 2.25. The molecular formula is C11H11F2N2O4-. The zero-order valence-electron chi connectivity index (χ0n) is 9.73. The molecule has 2 rings (SSSR count). The Hall–Kier alpha value is -1.80. The first-order valence-electron chi connectivity index (χ1n) is 5.47. The van der Waals surface area contributed by atoms with Crippen molar-refractivity contribution in [3.63, 3.8) is 0 Å². The summed E-state index contributed by atoms with van der Waals surface area (Å²) in [6.07, 6.45) is -0.352. The maximum absolute atomic E-state index is 13.8. The van der Waals surface area contributed by atoms with Gasteiger partial charge < -0.3 is 15.6 Å². The molecule has 0 saturated carbocycles. The lowest BCUT2D eigenvalue weighted by Crippen LogP contribution is -2.48.